The van der Waals surface area contributed by atoms with Crippen LogP contribution in [-0.2, 0) is 13.0 Å². The number of aromatic amines is 1. The predicted octanol–water partition coefficient (Wildman–Crippen LogP) is 2.17. The van der Waals surface area contributed by atoms with Gasteiger partial charge >= 0.3 is 0 Å². The summed E-state index contributed by atoms with van der Waals surface area (Å²) in [5.74, 6) is 0. The molecule has 0 spiro atoms. The molecule has 1 atom stereocenters. The van der Waals surface area contributed by atoms with Gasteiger partial charge in [-0.2, -0.15) is 0 Å². The van der Waals surface area contributed by atoms with E-state index in [1.165, 1.54) is 30.6 Å². The van der Waals surface area contributed by atoms with Gasteiger partial charge in [0.1, 0.15) is 0 Å². The van der Waals surface area contributed by atoms with Crippen LogP contribution in [0.4, 0.5) is 0 Å². The Hall–Kier alpha value is -0.760. The summed E-state index contributed by atoms with van der Waals surface area (Å²) in [6.45, 7) is 6.93. The van der Waals surface area contributed by atoms with Gasteiger partial charge in [0.2, 0.25) is 0 Å². The Morgan fingerprint density at radius 2 is 2.46 bits per heavy atom. The molecule has 1 aromatic rings. The SMILES string of the molecule is CCCN1Cc2cc[nH]c2C[C@H]1C. The maximum absolute atomic E-state index is 3.32. The topological polar surface area (TPSA) is 19.0 Å². The van der Waals surface area contributed by atoms with Crippen LogP contribution in [0.1, 0.15) is 31.5 Å². The second-order valence-electron chi connectivity index (χ2n) is 4.01. The van der Waals surface area contributed by atoms with E-state index in [-0.39, 0.29) is 0 Å². The van der Waals surface area contributed by atoms with Crippen molar-refractivity contribution in [3.63, 3.8) is 0 Å². The summed E-state index contributed by atoms with van der Waals surface area (Å²) in [5, 5.41) is 0. The number of hydrogen-bond acceptors (Lipinski definition) is 1. The minimum atomic E-state index is 0.700. The molecule has 0 unspecified atom stereocenters. The van der Waals surface area contributed by atoms with Gasteiger partial charge in [-0.1, -0.05) is 6.92 Å². The Bertz CT molecular complexity index is 277. The molecule has 0 aliphatic carbocycles. The molecule has 2 nitrogen and oxygen atoms in total. The number of hydrogen-bond donors (Lipinski definition) is 1. The van der Waals surface area contributed by atoms with Crippen molar-refractivity contribution in [2.75, 3.05) is 6.54 Å². The van der Waals surface area contributed by atoms with E-state index < -0.39 is 0 Å². The molecule has 0 aromatic carbocycles. The highest BCUT2D eigenvalue weighted by Crippen LogP contribution is 2.21. The summed E-state index contributed by atoms with van der Waals surface area (Å²) in [5.41, 5.74) is 2.94. The fourth-order valence-electron chi connectivity index (χ4n) is 2.16. The van der Waals surface area contributed by atoms with Crippen molar-refractivity contribution in [1.29, 1.82) is 0 Å². The van der Waals surface area contributed by atoms with Crippen molar-refractivity contribution in [2.24, 2.45) is 0 Å². The molecule has 0 saturated carbocycles. The second kappa shape index (κ2) is 3.54. The first-order chi connectivity index (χ1) is 6.31. The van der Waals surface area contributed by atoms with Crippen LogP contribution in [-0.4, -0.2) is 22.5 Å². The number of aromatic nitrogens is 1. The van der Waals surface area contributed by atoms with Crippen molar-refractivity contribution < 1.29 is 0 Å². The molecule has 0 radical (unpaired) electrons. The molecule has 1 aliphatic heterocycles. The molecule has 2 rings (SSSR count). The molecule has 2 heteroatoms. The van der Waals surface area contributed by atoms with Gasteiger partial charge < -0.3 is 4.98 Å². The van der Waals surface area contributed by atoms with Crippen molar-refractivity contribution in [1.82, 2.24) is 9.88 Å². The zero-order valence-electron chi connectivity index (χ0n) is 8.51. The fraction of sp³-hybridized carbons (Fsp3) is 0.636. The van der Waals surface area contributed by atoms with Crippen molar-refractivity contribution >= 4 is 0 Å². The van der Waals surface area contributed by atoms with E-state index in [0.29, 0.717) is 6.04 Å². The Morgan fingerprint density at radius 3 is 3.23 bits per heavy atom. The van der Waals surface area contributed by atoms with Gasteiger partial charge in [0, 0.05) is 30.9 Å². The number of H-pyrrole nitrogens is 1. The van der Waals surface area contributed by atoms with E-state index in [9.17, 15) is 0 Å². The zero-order valence-corrected chi connectivity index (χ0v) is 8.51. The Morgan fingerprint density at radius 1 is 1.62 bits per heavy atom. The molecular formula is C11H18N2. The van der Waals surface area contributed by atoms with E-state index in [1.807, 2.05) is 0 Å². The van der Waals surface area contributed by atoms with Gasteiger partial charge in [0.05, 0.1) is 0 Å². The quantitative estimate of drug-likeness (QED) is 0.735. The summed E-state index contributed by atoms with van der Waals surface area (Å²) in [7, 11) is 0. The van der Waals surface area contributed by atoms with Gasteiger partial charge in [-0.25, -0.2) is 0 Å². The van der Waals surface area contributed by atoms with Crippen LogP contribution in [0.25, 0.3) is 0 Å². The summed E-state index contributed by atoms with van der Waals surface area (Å²) in [6.07, 6.45) is 4.50. The van der Waals surface area contributed by atoms with Gasteiger partial charge in [0.15, 0.2) is 0 Å². The van der Waals surface area contributed by atoms with Gasteiger partial charge in [-0.3, -0.25) is 4.90 Å². The fourth-order valence-corrected chi connectivity index (χ4v) is 2.16. The molecule has 0 bridgehead atoms. The first-order valence-electron chi connectivity index (χ1n) is 5.20. The summed E-state index contributed by atoms with van der Waals surface area (Å²) < 4.78 is 0. The summed E-state index contributed by atoms with van der Waals surface area (Å²) >= 11 is 0. The summed E-state index contributed by atoms with van der Waals surface area (Å²) in [6, 6.07) is 2.91. The third-order valence-electron chi connectivity index (χ3n) is 2.94. The minimum Gasteiger partial charge on any atom is -0.365 e. The van der Waals surface area contributed by atoms with Crippen molar-refractivity contribution in [2.45, 2.75) is 39.3 Å². The number of nitrogens with zero attached hydrogens (tertiary/aromatic N) is 1. The van der Waals surface area contributed by atoms with Crippen molar-refractivity contribution in [3.05, 3.63) is 23.5 Å². The largest absolute Gasteiger partial charge is 0.365 e. The summed E-state index contributed by atoms with van der Waals surface area (Å²) in [4.78, 5) is 5.89. The van der Waals surface area contributed by atoms with Crippen molar-refractivity contribution in [3.8, 4) is 0 Å². The molecule has 0 saturated heterocycles. The average molecular weight is 178 g/mol. The van der Waals surface area contributed by atoms with E-state index in [0.717, 1.165) is 6.54 Å². The lowest BCUT2D eigenvalue weighted by molar-refractivity contribution is 0.184. The molecule has 13 heavy (non-hydrogen) atoms. The molecule has 72 valence electrons. The van der Waals surface area contributed by atoms with Gasteiger partial charge in [-0.05, 0) is 31.5 Å². The maximum Gasteiger partial charge on any atom is 0.0254 e. The molecular weight excluding hydrogens is 160 g/mol. The smallest absolute Gasteiger partial charge is 0.0254 e. The minimum absolute atomic E-state index is 0.700. The highest BCUT2D eigenvalue weighted by molar-refractivity contribution is 5.23. The molecule has 1 aliphatic rings. The van der Waals surface area contributed by atoms with Crippen LogP contribution in [0, 0.1) is 0 Å². The lowest BCUT2D eigenvalue weighted by Crippen LogP contribution is -2.38. The van der Waals surface area contributed by atoms with Crippen LogP contribution >= 0.6 is 0 Å². The first-order valence-corrected chi connectivity index (χ1v) is 5.20. The molecule has 0 amide bonds. The van der Waals surface area contributed by atoms with Gasteiger partial charge in [-0.15, -0.1) is 0 Å². The van der Waals surface area contributed by atoms with Crippen LogP contribution in [0.3, 0.4) is 0 Å². The van der Waals surface area contributed by atoms with E-state index >= 15 is 0 Å². The number of rotatable bonds is 2. The molecule has 1 N–H and O–H groups in total. The number of nitrogens with one attached hydrogen (secondary N) is 1. The maximum atomic E-state index is 3.32. The Labute approximate surface area is 79.9 Å². The monoisotopic (exact) mass is 178 g/mol. The van der Waals surface area contributed by atoms with Crippen LogP contribution in [0.5, 0.6) is 0 Å². The van der Waals surface area contributed by atoms with Crippen LogP contribution < -0.4 is 0 Å². The van der Waals surface area contributed by atoms with Crippen LogP contribution in [0.2, 0.25) is 0 Å². The standard InChI is InChI=1S/C11H18N2/c1-3-6-13-8-10-4-5-12-11(10)7-9(13)2/h4-5,9,12H,3,6-8H2,1-2H3/t9-/m1/s1. The van der Waals surface area contributed by atoms with E-state index in [2.05, 4.69) is 36.0 Å². The Kier molecular flexibility index (Phi) is 2.40. The van der Waals surface area contributed by atoms with E-state index in [4.69, 9.17) is 0 Å². The second-order valence-corrected chi connectivity index (χ2v) is 4.01. The highest BCUT2D eigenvalue weighted by Gasteiger charge is 2.22. The van der Waals surface area contributed by atoms with Crippen LogP contribution in [0.15, 0.2) is 12.3 Å². The Balaban J connectivity index is 2.13. The highest BCUT2D eigenvalue weighted by atomic mass is 15.2. The molecule has 1 aromatic heterocycles. The third kappa shape index (κ3) is 1.63. The lowest BCUT2D eigenvalue weighted by atomic mass is 10.0. The van der Waals surface area contributed by atoms with E-state index in [1.54, 1.807) is 0 Å². The zero-order chi connectivity index (χ0) is 9.26. The third-order valence-corrected chi connectivity index (χ3v) is 2.94. The van der Waals surface area contributed by atoms with Gasteiger partial charge in [0.25, 0.3) is 0 Å². The molecule has 2 heterocycles. The normalized spacial score (nSPS) is 23.1. The predicted molar refractivity (Wildman–Crippen MR) is 54.7 cm³/mol. The lowest BCUT2D eigenvalue weighted by Gasteiger charge is -2.33. The average Bonchev–Trinajstić information content (AvgIpc) is 2.52. The first kappa shape index (κ1) is 8.82. The number of fused-ring (bicyclic) bond motifs is 1. The molecule has 0 fully saturated rings.